The summed E-state index contributed by atoms with van der Waals surface area (Å²) < 4.78 is 38.5. The quantitative estimate of drug-likeness (QED) is 0.153. The molecule has 4 aliphatic carbocycles. The Morgan fingerprint density at radius 2 is 1.88 bits per heavy atom. The minimum Gasteiger partial charge on any atom is -0.447 e. The lowest BCUT2D eigenvalue weighted by Crippen LogP contribution is -2.70. The fourth-order valence-corrected chi connectivity index (χ4v) is 7.96. The SMILES string of the molecule is C[C@]12C=CC(=O)CC1=C(F)CC1C3C[C@@H](O)[C@](OC(=O)CCCCCO[N+](=O)[O-])(C(=O)CO)[C@@]3(C)C[C@H](O)[C@@]12F. The number of esters is 1. The van der Waals surface area contributed by atoms with Gasteiger partial charge in [-0.15, -0.1) is 10.1 Å². The smallest absolute Gasteiger partial charge is 0.306 e. The van der Waals surface area contributed by atoms with Crippen molar-refractivity contribution in [1.82, 2.24) is 0 Å². The topological polar surface area (TPSA) is 173 Å². The predicted octanol–water partition coefficient (Wildman–Crippen LogP) is 2.24. The van der Waals surface area contributed by atoms with Crippen molar-refractivity contribution in [3.63, 3.8) is 0 Å². The van der Waals surface area contributed by atoms with Crippen molar-refractivity contribution in [3.05, 3.63) is 33.7 Å². The van der Waals surface area contributed by atoms with E-state index in [1.54, 1.807) is 0 Å². The number of aliphatic hydroxyl groups is 3. The minimum absolute atomic E-state index is 0.0346. The van der Waals surface area contributed by atoms with Crippen LogP contribution in [0.15, 0.2) is 23.6 Å². The standard InChI is InChI=1S/C27H35F2NO10/c1-24-8-7-15(32)10-18(24)19(28)11-17-16-12-20(33)27(22(35)14-31,25(16,2)13-21(34)26(17,24)29)40-23(36)6-4-3-5-9-39-30(37)38/h7-8,16-17,20-21,31,33-34H,3-6,9-14H2,1-2H3/t16?,17?,20-,21+,24+,25+,26+,27+/m1/s1. The molecule has 0 aromatic rings. The maximum Gasteiger partial charge on any atom is 0.306 e. The van der Waals surface area contributed by atoms with Gasteiger partial charge in [0.2, 0.25) is 11.4 Å². The fourth-order valence-electron chi connectivity index (χ4n) is 7.96. The van der Waals surface area contributed by atoms with Crippen LogP contribution in [0.1, 0.15) is 65.2 Å². The number of carbonyl (C=O) groups is 3. The second kappa shape index (κ2) is 10.6. The van der Waals surface area contributed by atoms with Crippen LogP contribution in [0.5, 0.6) is 0 Å². The Bertz CT molecular complexity index is 1160. The highest BCUT2D eigenvalue weighted by Gasteiger charge is 2.78. The Labute approximate surface area is 229 Å². The summed E-state index contributed by atoms with van der Waals surface area (Å²) in [7, 11) is 0. The number of nitrogens with zero attached hydrogens (tertiary/aromatic N) is 1. The van der Waals surface area contributed by atoms with Crippen LogP contribution in [0, 0.1) is 32.8 Å². The number of Topliss-reactive ketones (excluding diaryl/α,β-unsaturated/α-hetero) is 1. The van der Waals surface area contributed by atoms with E-state index in [4.69, 9.17) is 4.74 Å². The van der Waals surface area contributed by atoms with Gasteiger partial charge in [0.1, 0.15) is 18.5 Å². The Morgan fingerprint density at radius 3 is 2.52 bits per heavy atom. The molecule has 11 nitrogen and oxygen atoms in total. The molecule has 0 aromatic heterocycles. The normalized spacial score (nSPS) is 40.2. The van der Waals surface area contributed by atoms with Crippen LogP contribution in [0.25, 0.3) is 0 Å². The van der Waals surface area contributed by atoms with Gasteiger partial charge in [0.25, 0.3) is 5.09 Å². The molecule has 0 aromatic carbocycles. The fraction of sp³-hybridized carbons (Fsp3) is 0.741. The summed E-state index contributed by atoms with van der Waals surface area (Å²) in [6.07, 6.45) is -1.85. The van der Waals surface area contributed by atoms with E-state index in [1.165, 1.54) is 26.0 Å². The molecule has 2 fully saturated rings. The van der Waals surface area contributed by atoms with Crippen LogP contribution in [0.2, 0.25) is 0 Å². The molecule has 2 unspecified atom stereocenters. The van der Waals surface area contributed by atoms with E-state index in [2.05, 4.69) is 4.84 Å². The lowest BCUT2D eigenvalue weighted by molar-refractivity contribution is -0.757. The highest BCUT2D eigenvalue weighted by atomic mass is 19.1. The molecule has 222 valence electrons. The summed E-state index contributed by atoms with van der Waals surface area (Å²) in [6.45, 7) is 1.64. The number of carbonyl (C=O) groups excluding carboxylic acids is 3. The number of alkyl halides is 1. The van der Waals surface area contributed by atoms with E-state index in [1.807, 2.05) is 0 Å². The van der Waals surface area contributed by atoms with E-state index >= 15 is 8.78 Å². The van der Waals surface area contributed by atoms with Crippen molar-refractivity contribution in [2.24, 2.45) is 22.7 Å². The molecule has 4 aliphatic rings. The monoisotopic (exact) mass is 571 g/mol. The van der Waals surface area contributed by atoms with Crippen molar-refractivity contribution < 1.29 is 53.1 Å². The van der Waals surface area contributed by atoms with Gasteiger partial charge in [-0.1, -0.05) is 19.4 Å². The van der Waals surface area contributed by atoms with Crippen molar-refractivity contribution >= 4 is 17.5 Å². The first-order chi connectivity index (χ1) is 18.7. The van der Waals surface area contributed by atoms with Gasteiger partial charge < -0.3 is 24.9 Å². The molecule has 0 spiro atoms. The predicted molar refractivity (Wildman–Crippen MR) is 132 cm³/mol. The van der Waals surface area contributed by atoms with Gasteiger partial charge in [0, 0.05) is 36.0 Å². The van der Waals surface area contributed by atoms with Gasteiger partial charge in [-0.3, -0.25) is 14.4 Å². The average molecular weight is 572 g/mol. The van der Waals surface area contributed by atoms with Crippen molar-refractivity contribution in [2.75, 3.05) is 13.2 Å². The van der Waals surface area contributed by atoms with Gasteiger partial charge in [0.05, 0.1) is 12.7 Å². The zero-order chi connectivity index (χ0) is 29.7. The number of ether oxygens (including phenoxy) is 1. The molecule has 0 bridgehead atoms. The molecule has 0 radical (unpaired) electrons. The highest BCUT2D eigenvalue weighted by Crippen LogP contribution is 2.70. The number of hydrogen-bond donors (Lipinski definition) is 3. The first-order valence-corrected chi connectivity index (χ1v) is 13.5. The van der Waals surface area contributed by atoms with Crippen molar-refractivity contribution in [1.29, 1.82) is 0 Å². The summed E-state index contributed by atoms with van der Waals surface area (Å²) in [5, 5.41) is 41.9. The minimum atomic E-state index is -2.45. The molecule has 8 atom stereocenters. The Balaban J connectivity index is 1.65. The van der Waals surface area contributed by atoms with E-state index in [0.29, 0.717) is 6.42 Å². The molecule has 13 heteroatoms. The zero-order valence-electron chi connectivity index (χ0n) is 22.4. The third kappa shape index (κ3) is 4.28. The summed E-state index contributed by atoms with van der Waals surface area (Å²) in [6, 6.07) is 0. The largest absolute Gasteiger partial charge is 0.447 e. The molecule has 2 saturated carbocycles. The first-order valence-electron chi connectivity index (χ1n) is 13.5. The van der Waals surface area contributed by atoms with E-state index in [-0.39, 0.29) is 50.1 Å². The van der Waals surface area contributed by atoms with Crippen LogP contribution in [-0.2, 0) is 24.0 Å². The van der Waals surface area contributed by atoms with E-state index in [9.17, 15) is 39.8 Å². The Kier molecular flexibility index (Phi) is 7.98. The third-order valence-corrected chi connectivity index (χ3v) is 9.90. The maximum absolute atomic E-state index is 17.3. The van der Waals surface area contributed by atoms with Crippen LogP contribution in [-0.4, -0.2) is 74.6 Å². The Hall–Kier alpha value is -2.77. The van der Waals surface area contributed by atoms with Crippen molar-refractivity contribution in [3.8, 4) is 0 Å². The van der Waals surface area contributed by atoms with Crippen LogP contribution >= 0.6 is 0 Å². The lowest BCUT2D eigenvalue weighted by Gasteiger charge is -2.62. The van der Waals surface area contributed by atoms with Crippen LogP contribution in [0.4, 0.5) is 8.78 Å². The first kappa shape index (κ1) is 30.2. The summed E-state index contributed by atoms with van der Waals surface area (Å²) in [4.78, 5) is 52.7. The number of aliphatic hydroxyl groups excluding tert-OH is 3. The summed E-state index contributed by atoms with van der Waals surface area (Å²) in [5.41, 5.74) is -8.02. The van der Waals surface area contributed by atoms with Gasteiger partial charge in [-0.05, 0) is 50.2 Å². The number of rotatable bonds is 10. The van der Waals surface area contributed by atoms with E-state index in [0.717, 1.165) is 0 Å². The van der Waals surface area contributed by atoms with E-state index < -0.39 is 88.3 Å². The highest BCUT2D eigenvalue weighted by molar-refractivity contribution is 5.94. The van der Waals surface area contributed by atoms with Crippen molar-refractivity contribution in [2.45, 2.75) is 88.7 Å². The lowest BCUT2D eigenvalue weighted by atomic mass is 9.45. The summed E-state index contributed by atoms with van der Waals surface area (Å²) in [5.74, 6) is -5.15. The zero-order valence-corrected chi connectivity index (χ0v) is 22.4. The second-order valence-corrected chi connectivity index (χ2v) is 11.8. The number of hydrogen-bond acceptors (Lipinski definition) is 10. The number of fused-ring (bicyclic) bond motifs is 5. The van der Waals surface area contributed by atoms with Gasteiger partial charge >= 0.3 is 5.97 Å². The number of allylic oxidation sites excluding steroid dienone is 4. The molecule has 4 rings (SSSR count). The van der Waals surface area contributed by atoms with Crippen LogP contribution in [0.3, 0.4) is 0 Å². The average Bonchev–Trinajstić information content (AvgIpc) is 3.10. The molecule has 3 N–H and O–H groups in total. The Morgan fingerprint density at radius 1 is 1.18 bits per heavy atom. The van der Waals surface area contributed by atoms with Gasteiger partial charge in [0.15, 0.2) is 11.5 Å². The molecule has 0 saturated heterocycles. The molecule has 0 amide bonds. The maximum atomic E-state index is 17.3. The van der Waals surface area contributed by atoms with Crippen LogP contribution < -0.4 is 0 Å². The van der Waals surface area contributed by atoms with Gasteiger partial charge in [-0.25, -0.2) is 8.78 Å². The molecule has 40 heavy (non-hydrogen) atoms. The second-order valence-electron chi connectivity index (χ2n) is 11.8. The molecular weight excluding hydrogens is 536 g/mol. The summed E-state index contributed by atoms with van der Waals surface area (Å²) >= 11 is 0. The number of ketones is 2. The number of unbranched alkanes of at least 4 members (excludes halogenated alkanes) is 2. The molecule has 0 aliphatic heterocycles. The molecule has 0 heterocycles. The third-order valence-electron chi connectivity index (χ3n) is 9.90. The molecular formula is C27H35F2NO10. The van der Waals surface area contributed by atoms with Gasteiger partial charge in [-0.2, -0.15) is 0 Å². The number of halogens is 2.